The zero-order chi connectivity index (χ0) is 18.1. The van der Waals surface area contributed by atoms with E-state index in [4.69, 9.17) is 4.74 Å². The summed E-state index contributed by atoms with van der Waals surface area (Å²) < 4.78 is 6.92. The predicted molar refractivity (Wildman–Crippen MR) is 99.2 cm³/mol. The highest BCUT2D eigenvalue weighted by atomic mass is 16.5. The molecule has 0 radical (unpaired) electrons. The topological polar surface area (TPSA) is 64.4 Å². The van der Waals surface area contributed by atoms with Crippen LogP contribution in [0.2, 0.25) is 0 Å². The molecule has 0 bridgehead atoms. The normalized spacial score (nSPS) is 10.8. The van der Waals surface area contributed by atoms with E-state index in [0.29, 0.717) is 17.0 Å². The summed E-state index contributed by atoms with van der Waals surface area (Å²) in [5.74, 6) is 0.517. The second-order valence-corrected chi connectivity index (χ2v) is 5.86. The number of fused-ring (bicyclic) bond motifs is 1. The quantitative estimate of drug-likeness (QED) is 0.569. The number of aromatic nitrogens is 2. The zero-order valence-corrected chi connectivity index (χ0v) is 14.1. The number of ketones is 1. The van der Waals surface area contributed by atoms with E-state index in [1.165, 1.54) is 12.1 Å². The van der Waals surface area contributed by atoms with Gasteiger partial charge in [-0.25, -0.2) is 4.68 Å². The van der Waals surface area contributed by atoms with Crippen molar-refractivity contribution in [3.8, 4) is 17.2 Å². The number of aromatic hydroxyl groups is 1. The second kappa shape index (κ2) is 6.37. The zero-order valence-electron chi connectivity index (χ0n) is 14.1. The van der Waals surface area contributed by atoms with Gasteiger partial charge in [0.1, 0.15) is 17.2 Å². The Balaban J connectivity index is 1.96. The molecular formula is C21H16N2O3. The average Bonchev–Trinajstić information content (AvgIpc) is 3.07. The summed E-state index contributed by atoms with van der Waals surface area (Å²) in [6.45, 7) is 0. The fraction of sp³-hybridized carbons (Fsp3) is 0.0476. The molecule has 0 aliphatic carbocycles. The number of carbonyl (C=O) groups excluding carboxylic acids is 1. The van der Waals surface area contributed by atoms with Gasteiger partial charge in [-0.15, -0.1) is 0 Å². The lowest BCUT2D eigenvalue weighted by atomic mass is 10.0. The van der Waals surface area contributed by atoms with Crippen molar-refractivity contribution in [3.05, 3.63) is 84.1 Å². The Kier molecular flexibility index (Phi) is 3.89. The molecule has 0 fully saturated rings. The Morgan fingerprint density at radius 1 is 1.00 bits per heavy atom. The Hall–Kier alpha value is -3.60. The molecule has 1 N–H and O–H groups in total. The van der Waals surface area contributed by atoms with Gasteiger partial charge < -0.3 is 9.84 Å². The summed E-state index contributed by atoms with van der Waals surface area (Å²) in [5.41, 5.74) is 2.29. The van der Waals surface area contributed by atoms with E-state index < -0.39 is 0 Å². The SMILES string of the molecule is COc1cccc(-n2nc3ccccc3c2C(=O)c2cccc(O)c2)c1. The van der Waals surface area contributed by atoms with E-state index in [1.54, 1.807) is 23.9 Å². The molecular weight excluding hydrogens is 328 g/mol. The molecule has 0 spiro atoms. The van der Waals surface area contributed by atoms with E-state index >= 15 is 0 Å². The molecule has 5 nitrogen and oxygen atoms in total. The smallest absolute Gasteiger partial charge is 0.212 e. The molecule has 5 heteroatoms. The molecule has 0 aliphatic rings. The fourth-order valence-corrected chi connectivity index (χ4v) is 2.96. The van der Waals surface area contributed by atoms with Gasteiger partial charge in [-0.2, -0.15) is 5.10 Å². The monoisotopic (exact) mass is 344 g/mol. The lowest BCUT2D eigenvalue weighted by Crippen LogP contribution is -2.10. The van der Waals surface area contributed by atoms with Crippen LogP contribution in [0, 0.1) is 0 Å². The van der Waals surface area contributed by atoms with E-state index in [2.05, 4.69) is 5.10 Å². The van der Waals surface area contributed by atoms with Crippen molar-refractivity contribution in [2.24, 2.45) is 0 Å². The number of benzene rings is 3. The lowest BCUT2D eigenvalue weighted by Gasteiger charge is -2.09. The number of phenols is 1. The van der Waals surface area contributed by atoms with Crippen molar-refractivity contribution < 1.29 is 14.6 Å². The molecule has 1 aromatic heterocycles. The van der Waals surface area contributed by atoms with Crippen molar-refractivity contribution in [2.45, 2.75) is 0 Å². The van der Waals surface area contributed by atoms with Gasteiger partial charge in [-0.1, -0.05) is 36.4 Å². The number of hydrogen-bond donors (Lipinski definition) is 1. The van der Waals surface area contributed by atoms with E-state index in [-0.39, 0.29) is 11.5 Å². The van der Waals surface area contributed by atoms with Gasteiger partial charge in [-0.3, -0.25) is 4.79 Å². The van der Waals surface area contributed by atoms with Crippen molar-refractivity contribution >= 4 is 16.7 Å². The van der Waals surface area contributed by atoms with Crippen molar-refractivity contribution in [2.75, 3.05) is 7.11 Å². The summed E-state index contributed by atoms with van der Waals surface area (Å²) in [5, 5.41) is 15.1. The van der Waals surface area contributed by atoms with Crippen LogP contribution >= 0.6 is 0 Å². The molecule has 4 aromatic rings. The molecule has 0 saturated heterocycles. The molecule has 3 aromatic carbocycles. The highest BCUT2D eigenvalue weighted by molar-refractivity contribution is 6.15. The number of rotatable bonds is 4. The van der Waals surface area contributed by atoms with Crippen LogP contribution in [0.25, 0.3) is 16.6 Å². The van der Waals surface area contributed by atoms with Gasteiger partial charge in [0.2, 0.25) is 5.78 Å². The van der Waals surface area contributed by atoms with Gasteiger partial charge in [0.05, 0.1) is 18.3 Å². The predicted octanol–water partition coefficient (Wildman–Crippen LogP) is 3.97. The largest absolute Gasteiger partial charge is 0.508 e. The fourth-order valence-electron chi connectivity index (χ4n) is 2.96. The van der Waals surface area contributed by atoms with Crippen molar-refractivity contribution in [1.82, 2.24) is 9.78 Å². The molecule has 0 atom stereocenters. The van der Waals surface area contributed by atoms with Crippen LogP contribution in [0.15, 0.2) is 72.8 Å². The maximum atomic E-state index is 13.2. The minimum Gasteiger partial charge on any atom is -0.508 e. The van der Waals surface area contributed by atoms with Crippen LogP contribution in [-0.2, 0) is 0 Å². The summed E-state index contributed by atoms with van der Waals surface area (Å²) in [7, 11) is 1.59. The molecule has 0 amide bonds. The van der Waals surface area contributed by atoms with Gasteiger partial charge in [0.15, 0.2) is 0 Å². The maximum absolute atomic E-state index is 13.2. The van der Waals surface area contributed by atoms with E-state index in [9.17, 15) is 9.90 Å². The second-order valence-electron chi connectivity index (χ2n) is 5.86. The van der Waals surface area contributed by atoms with Gasteiger partial charge in [0, 0.05) is 17.0 Å². The number of nitrogens with zero attached hydrogens (tertiary/aromatic N) is 2. The van der Waals surface area contributed by atoms with Crippen molar-refractivity contribution in [1.29, 1.82) is 0 Å². The minimum atomic E-state index is -0.211. The highest BCUT2D eigenvalue weighted by Crippen LogP contribution is 2.26. The molecule has 0 saturated carbocycles. The third kappa shape index (κ3) is 2.69. The maximum Gasteiger partial charge on any atom is 0.212 e. The Morgan fingerprint density at radius 2 is 1.81 bits per heavy atom. The first-order valence-electron chi connectivity index (χ1n) is 8.13. The van der Waals surface area contributed by atoms with Crippen molar-refractivity contribution in [3.63, 3.8) is 0 Å². The first-order chi connectivity index (χ1) is 12.7. The summed E-state index contributed by atoms with van der Waals surface area (Å²) in [4.78, 5) is 13.2. The Bertz CT molecular complexity index is 1120. The molecule has 0 aliphatic heterocycles. The molecule has 0 unspecified atom stereocenters. The summed E-state index contributed by atoms with van der Waals surface area (Å²) in [6.07, 6.45) is 0. The number of methoxy groups -OCH3 is 1. The number of hydrogen-bond acceptors (Lipinski definition) is 4. The molecule has 26 heavy (non-hydrogen) atoms. The number of phenolic OH excluding ortho intramolecular Hbond substituents is 1. The van der Waals surface area contributed by atoms with Crippen LogP contribution in [0.1, 0.15) is 16.1 Å². The van der Waals surface area contributed by atoms with Crippen LogP contribution in [-0.4, -0.2) is 27.8 Å². The van der Waals surface area contributed by atoms with Gasteiger partial charge >= 0.3 is 0 Å². The number of carbonyl (C=O) groups is 1. The summed E-state index contributed by atoms with van der Waals surface area (Å²) >= 11 is 0. The third-order valence-corrected chi connectivity index (χ3v) is 4.20. The number of ether oxygens (including phenoxy) is 1. The first-order valence-corrected chi connectivity index (χ1v) is 8.13. The van der Waals surface area contributed by atoms with Gasteiger partial charge in [0.25, 0.3) is 0 Å². The lowest BCUT2D eigenvalue weighted by molar-refractivity contribution is 0.103. The Morgan fingerprint density at radius 3 is 2.62 bits per heavy atom. The van der Waals surface area contributed by atoms with Crippen LogP contribution in [0.5, 0.6) is 11.5 Å². The standard InChI is InChI=1S/C21H16N2O3/c1-26-17-9-5-7-15(13-17)23-20(18-10-2-3-11-19(18)22-23)21(25)14-6-4-8-16(24)12-14/h2-13,24H,1H3. The van der Waals surface area contributed by atoms with Crippen LogP contribution in [0.3, 0.4) is 0 Å². The molecule has 4 rings (SSSR count). The third-order valence-electron chi connectivity index (χ3n) is 4.20. The average molecular weight is 344 g/mol. The summed E-state index contributed by atoms with van der Waals surface area (Å²) in [6, 6.07) is 21.2. The Labute approximate surface area is 150 Å². The van der Waals surface area contributed by atoms with E-state index in [0.717, 1.165) is 16.6 Å². The minimum absolute atomic E-state index is 0.0487. The van der Waals surface area contributed by atoms with Gasteiger partial charge in [-0.05, 0) is 30.3 Å². The first kappa shape index (κ1) is 15.9. The highest BCUT2D eigenvalue weighted by Gasteiger charge is 2.21. The van der Waals surface area contributed by atoms with Crippen LogP contribution < -0.4 is 4.74 Å². The molecule has 1 heterocycles. The molecule has 128 valence electrons. The van der Waals surface area contributed by atoms with Crippen LogP contribution in [0.4, 0.5) is 0 Å². The van der Waals surface area contributed by atoms with E-state index in [1.807, 2.05) is 48.5 Å².